The van der Waals surface area contributed by atoms with Gasteiger partial charge in [-0.05, 0) is 62.7 Å². The van der Waals surface area contributed by atoms with Crippen molar-refractivity contribution in [3.63, 3.8) is 0 Å². The van der Waals surface area contributed by atoms with Gasteiger partial charge in [0.15, 0.2) is 11.0 Å². The van der Waals surface area contributed by atoms with Gasteiger partial charge in [-0.2, -0.15) is 0 Å². The van der Waals surface area contributed by atoms with E-state index in [2.05, 4.69) is 22.1 Å². The molecule has 2 aromatic rings. The second-order valence-electron chi connectivity index (χ2n) is 6.53. The summed E-state index contributed by atoms with van der Waals surface area (Å²) in [6.45, 7) is 6.41. The van der Waals surface area contributed by atoms with Crippen LogP contribution in [0.3, 0.4) is 0 Å². The number of oxazole rings is 1. The minimum atomic E-state index is 0.0474. The van der Waals surface area contributed by atoms with E-state index in [1.807, 2.05) is 19.1 Å². The number of nitrogens with one attached hydrogen (secondary N) is 1. The topological polar surface area (TPSA) is 58.4 Å². The van der Waals surface area contributed by atoms with E-state index >= 15 is 0 Å². The molecule has 1 amide bonds. The molecule has 0 saturated carbocycles. The van der Waals surface area contributed by atoms with E-state index in [1.54, 1.807) is 6.20 Å². The highest BCUT2D eigenvalue weighted by atomic mass is 32.2. The molecular formula is C17H21N3O2S2. The molecule has 5 heterocycles. The molecule has 1 N–H and O–H groups in total. The maximum Gasteiger partial charge on any atom is 0.261 e. The first-order valence-corrected chi connectivity index (χ1v) is 9.98. The second kappa shape index (κ2) is 6.54. The van der Waals surface area contributed by atoms with Crippen LogP contribution in [0.1, 0.15) is 35.3 Å². The fraction of sp³-hybridized carbons (Fsp3) is 0.529. The first-order valence-electron chi connectivity index (χ1n) is 8.35. The molecule has 5 rings (SSSR count). The standard InChI is InChI=1S/C17H21N3O2S2/c1-10-16(12-5-7-20(10)8-6-12)19-17(21)13-3-4-15(23-13)24-14-9-18-11(2)22-14/h3-4,9-10,12,16H,5-8H2,1-2H3,(H,19,21)/t10-,16-/m0/s1. The van der Waals surface area contributed by atoms with Crippen molar-refractivity contribution in [1.29, 1.82) is 0 Å². The summed E-state index contributed by atoms with van der Waals surface area (Å²) in [7, 11) is 0. The van der Waals surface area contributed by atoms with Gasteiger partial charge in [0.1, 0.15) is 0 Å². The van der Waals surface area contributed by atoms with Crippen LogP contribution in [-0.4, -0.2) is 41.0 Å². The number of thiophene rings is 1. The number of aromatic nitrogens is 1. The number of amides is 1. The number of carbonyl (C=O) groups excluding carboxylic acids is 1. The first kappa shape index (κ1) is 16.2. The predicted molar refractivity (Wildman–Crippen MR) is 94.7 cm³/mol. The number of hydrogen-bond donors (Lipinski definition) is 1. The monoisotopic (exact) mass is 363 g/mol. The lowest BCUT2D eigenvalue weighted by atomic mass is 9.79. The van der Waals surface area contributed by atoms with Gasteiger partial charge in [0.05, 0.1) is 15.3 Å². The minimum Gasteiger partial charge on any atom is -0.434 e. The quantitative estimate of drug-likeness (QED) is 0.902. The van der Waals surface area contributed by atoms with Crippen molar-refractivity contribution in [3.05, 3.63) is 29.1 Å². The van der Waals surface area contributed by atoms with E-state index in [9.17, 15) is 4.79 Å². The number of fused-ring (bicyclic) bond motifs is 3. The van der Waals surface area contributed by atoms with Gasteiger partial charge in [-0.25, -0.2) is 4.98 Å². The molecule has 5 nitrogen and oxygen atoms in total. The largest absolute Gasteiger partial charge is 0.434 e. The van der Waals surface area contributed by atoms with Crippen LogP contribution < -0.4 is 5.32 Å². The number of hydrogen-bond acceptors (Lipinski definition) is 6. The molecule has 24 heavy (non-hydrogen) atoms. The smallest absolute Gasteiger partial charge is 0.261 e. The molecule has 0 spiro atoms. The van der Waals surface area contributed by atoms with Crippen LogP contribution in [-0.2, 0) is 0 Å². The Hall–Kier alpha value is -1.31. The highest BCUT2D eigenvalue weighted by molar-refractivity contribution is 8.01. The highest BCUT2D eigenvalue weighted by Gasteiger charge is 2.40. The number of nitrogens with zero attached hydrogens (tertiary/aromatic N) is 2. The molecule has 128 valence electrons. The summed E-state index contributed by atoms with van der Waals surface area (Å²) in [5, 5.41) is 4.04. The Bertz CT molecular complexity index is 732. The lowest BCUT2D eigenvalue weighted by Gasteiger charge is -2.49. The summed E-state index contributed by atoms with van der Waals surface area (Å²) in [6.07, 6.45) is 4.12. The van der Waals surface area contributed by atoms with Gasteiger partial charge in [0.2, 0.25) is 0 Å². The van der Waals surface area contributed by atoms with Crippen molar-refractivity contribution < 1.29 is 9.21 Å². The third-order valence-electron chi connectivity index (χ3n) is 5.08. The Kier molecular flexibility index (Phi) is 4.40. The van der Waals surface area contributed by atoms with E-state index < -0.39 is 0 Å². The average Bonchev–Trinajstić information content (AvgIpc) is 3.21. The van der Waals surface area contributed by atoms with Crippen LogP contribution in [0.25, 0.3) is 0 Å². The molecule has 2 atom stereocenters. The summed E-state index contributed by atoms with van der Waals surface area (Å²) in [5.74, 6) is 1.33. The maximum absolute atomic E-state index is 12.6. The number of carbonyl (C=O) groups is 1. The Labute approximate surface area is 149 Å². The SMILES string of the molecule is Cc1ncc(Sc2ccc(C(=O)N[C@@H]3C4CCN(CC4)[C@H]3C)s2)o1. The van der Waals surface area contributed by atoms with Crippen LogP contribution in [0.2, 0.25) is 0 Å². The molecular weight excluding hydrogens is 342 g/mol. The van der Waals surface area contributed by atoms with Gasteiger partial charge >= 0.3 is 0 Å². The molecule has 0 unspecified atom stereocenters. The first-order chi connectivity index (χ1) is 11.6. The fourth-order valence-corrected chi connectivity index (χ4v) is 5.68. The number of rotatable bonds is 4. The molecule has 2 bridgehead atoms. The maximum atomic E-state index is 12.6. The molecule has 3 fully saturated rings. The van der Waals surface area contributed by atoms with Crippen molar-refractivity contribution in [2.24, 2.45) is 5.92 Å². The van der Waals surface area contributed by atoms with Gasteiger partial charge in [-0.15, -0.1) is 11.3 Å². The van der Waals surface area contributed by atoms with E-state index in [0.717, 1.165) is 14.2 Å². The van der Waals surface area contributed by atoms with Crippen LogP contribution >= 0.6 is 23.1 Å². The van der Waals surface area contributed by atoms with Gasteiger partial charge in [-0.1, -0.05) is 0 Å². The summed E-state index contributed by atoms with van der Waals surface area (Å²) >= 11 is 3.01. The highest BCUT2D eigenvalue weighted by Crippen LogP contribution is 2.35. The molecule has 3 saturated heterocycles. The van der Waals surface area contributed by atoms with Gasteiger partial charge < -0.3 is 9.73 Å². The fourth-order valence-electron chi connectivity index (χ4n) is 3.75. The van der Waals surface area contributed by atoms with Gasteiger partial charge in [0.25, 0.3) is 5.91 Å². The summed E-state index contributed by atoms with van der Waals surface area (Å²) in [6, 6.07) is 4.59. The molecule has 0 radical (unpaired) electrons. The zero-order valence-corrected chi connectivity index (χ0v) is 15.5. The Morgan fingerprint density at radius 3 is 2.88 bits per heavy atom. The zero-order chi connectivity index (χ0) is 16.7. The molecule has 2 aromatic heterocycles. The Morgan fingerprint density at radius 1 is 1.42 bits per heavy atom. The zero-order valence-electron chi connectivity index (χ0n) is 13.8. The van der Waals surface area contributed by atoms with Crippen LogP contribution in [0, 0.1) is 12.8 Å². The van der Waals surface area contributed by atoms with Gasteiger partial charge in [-0.3, -0.25) is 9.69 Å². The number of aryl methyl sites for hydroxylation is 1. The lowest BCUT2D eigenvalue weighted by molar-refractivity contribution is 0.0218. The average molecular weight is 364 g/mol. The Morgan fingerprint density at radius 2 is 2.21 bits per heavy atom. The molecule has 7 heteroatoms. The van der Waals surface area contributed by atoms with Crippen molar-refractivity contribution >= 4 is 29.0 Å². The van der Waals surface area contributed by atoms with E-state index in [4.69, 9.17) is 4.42 Å². The van der Waals surface area contributed by atoms with Crippen molar-refractivity contribution in [1.82, 2.24) is 15.2 Å². The van der Waals surface area contributed by atoms with Crippen LogP contribution in [0.5, 0.6) is 0 Å². The van der Waals surface area contributed by atoms with Crippen molar-refractivity contribution in [3.8, 4) is 0 Å². The molecule has 3 aliphatic rings. The predicted octanol–water partition coefficient (Wildman–Crippen LogP) is 3.41. The molecule has 0 aromatic carbocycles. The van der Waals surface area contributed by atoms with Crippen molar-refractivity contribution in [2.45, 2.75) is 48.1 Å². The summed E-state index contributed by atoms with van der Waals surface area (Å²) < 4.78 is 6.52. The minimum absolute atomic E-state index is 0.0474. The summed E-state index contributed by atoms with van der Waals surface area (Å²) in [5.41, 5.74) is 0. The van der Waals surface area contributed by atoms with E-state index in [0.29, 0.717) is 17.9 Å². The van der Waals surface area contributed by atoms with Crippen LogP contribution in [0.4, 0.5) is 0 Å². The lowest BCUT2D eigenvalue weighted by Crippen LogP contribution is -2.62. The second-order valence-corrected chi connectivity index (χ2v) is 8.92. The Balaban J connectivity index is 1.41. The van der Waals surface area contributed by atoms with Crippen LogP contribution in [0.15, 0.2) is 32.0 Å². The van der Waals surface area contributed by atoms with E-state index in [-0.39, 0.29) is 11.9 Å². The van der Waals surface area contributed by atoms with Gasteiger partial charge in [0, 0.05) is 19.0 Å². The third kappa shape index (κ3) is 3.12. The summed E-state index contributed by atoms with van der Waals surface area (Å²) in [4.78, 5) is 20.0. The molecule has 0 aliphatic carbocycles. The van der Waals surface area contributed by atoms with Crippen molar-refractivity contribution in [2.75, 3.05) is 13.1 Å². The normalized spacial score (nSPS) is 28.9. The number of piperidine rings is 3. The molecule has 3 aliphatic heterocycles. The van der Waals surface area contributed by atoms with E-state index in [1.165, 1.54) is 49.0 Å². The third-order valence-corrected chi connectivity index (χ3v) is 7.19.